The Morgan fingerprint density at radius 3 is 2.30 bits per heavy atom. The van der Waals surface area contributed by atoms with Crippen LogP contribution in [0.15, 0.2) is 24.3 Å². The van der Waals surface area contributed by atoms with Crippen molar-refractivity contribution in [2.24, 2.45) is 0 Å². The summed E-state index contributed by atoms with van der Waals surface area (Å²) in [6.45, 7) is 5.81. The van der Waals surface area contributed by atoms with E-state index in [0.29, 0.717) is 11.5 Å². The molecule has 20 heavy (non-hydrogen) atoms. The Kier molecular flexibility index (Phi) is 5.77. The summed E-state index contributed by atoms with van der Waals surface area (Å²) in [5.74, 6) is 0. The quantitative estimate of drug-likeness (QED) is 0.729. The molecule has 0 radical (unpaired) electrons. The molecule has 0 fully saturated rings. The second-order valence-electron chi connectivity index (χ2n) is 5.96. The van der Waals surface area contributed by atoms with Crippen LogP contribution in [0.2, 0.25) is 0 Å². The fourth-order valence-corrected chi connectivity index (χ4v) is 2.50. The van der Waals surface area contributed by atoms with Crippen LogP contribution in [0.3, 0.4) is 0 Å². The van der Waals surface area contributed by atoms with Gasteiger partial charge >= 0.3 is 0 Å². The average Bonchev–Trinajstić information content (AvgIpc) is 2.26. The van der Waals surface area contributed by atoms with Crippen LogP contribution in [0.4, 0.5) is 11.4 Å². The van der Waals surface area contributed by atoms with Gasteiger partial charge in [0.25, 0.3) is 0 Å². The molecule has 0 aliphatic rings. The SMILES string of the molecule is CC(O)CC(C)(C)NC(=S)Nc1ccc(N(C)C)cc1. The minimum absolute atomic E-state index is 0.248. The van der Waals surface area contributed by atoms with Crippen LogP contribution in [0.1, 0.15) is 27.2 Å². The number of thiocarbonyl (C=S) groups is 1. The van der Waals surface area contributed by atoms with Gasteiger partial charge in [-0.2, -0.15) is 0 Å². The van der Waals surface area contributed by atoms with Gasteiger partial charge in [-0.05, 0) is 63.7 Å². The summed E-state index contributed by atoms with van der Waals surface area (Å²) < 4.78 is 0. The number of nitrogens with zero attached hydrogens (tertiary/aromatic N) is 1. The first-order valence-corrected chi connectivity index (χ1v) is 7.15. The molecular weight excluding hydrogens is 270 g/mol. The Hall–Kier alpha value is -1.33. The van der Waals surface area contributed by atoms with Crippen molar-refractivity contribution in [2.45, 2.75) is 38.8 Å². The zero-order chi connectivity index (χ0) is 15.3. The van der Waals surface area contributed by atoms with Gasteiger partial charge in [-0.3, -0.25) is 0 Å². The Morgan fingerprint density at radius 2 is 1.85 bits per heavy atom. The van der Waals surface area contributed by atoms with E-state index in [1.54, 1.807) is 6.92 Å². The standard InChI is InChI=1S/C15H25N3OS/c1-11(19)10-15(2,3)17-14(20)16-12-6-8-13(9-7-12)18(4)5/h6-9,11,19H,10H2,1-5H3,(H2,16,17,20). The average molecular weight is 295 g/mol. The van der Waals surface area contributed by atoms with Crippen molar-refractivity contribution in [1.29, 1.82) is 0 Å². The minimum atomic E-state index is -0.361. The van der Waals surface area contributed by atoms with E-state index in [4.69, 9.17) is 12.2 Å². The molecule has 5 heteroatoms. The third kappa shape index (κ3) is 5.75. The Bertz CT molecular complexity index is 441. The maximum atomic E-state index is 9.46. The monoisotopic (exact) mass is 295 g/mol. The molecule has 4 nitrogen and oxygen atoms in total. The van der Waals surface area contributed by atoms with Gasteiger partial charge in [-0.15, -0.1) is 0 Å². The molecule has 1 atom stereocenters. The predicted octanol–water partition coefficient (Wildman–Crippen LogP) is 2.59. The highest BCUT2D eigenvalue weighted by Gasteiger charge is 2.20. The summed E-state index contributed by atoms with van der Waals surface area (Å²) in [5.41, 5.74) is 1.84. The lowest BCUT2D eigenvalue weighted by atomic mass is 9.98. The summed E-state index contributed by atoms with van der Waals surface area (Å²) in [4.78, 5) is 2.05. The number of hydrogen-bond acceptors (Lipinski definition) is 3. The first kappa shape index (κ1) is 16.7. The second kappa shape index (κ2) is 6.90. The number of hydrogen-bond donors (Lipinski definition) is 3. The van der Waals surface area contributed by atoms with Crippen molar-refractivity contribution < 1.29 is 5.11 Å². The van der Waals surface area contributed by atoms with Gasteiger partial charge in [0.2, 0.25) is 0 Å². The van der Waals surface area contributed by atoms with Gasteiger partial charge in [-0.1, -0.05) is 0 Å². The summed E-state index contributed by atoms with van der Waals surface area (Å²) in [7, 11) is 4.01. The molecular formula is C15H25N3OS. The molecule has 1 aromatic rings. The molecule has 0 heterocycles. The van der Waals surface area contributed by atoms with E-state index in [1.807, 2.05) is 57.1 Å². The maximum absolute atomic E-state index is 9.46. The molecule has 0 aliphatic heterocycles. The third-order valence-electron chi connectivity index (χ3n) is 2.90. The zero-order valence-corrected chi connectivity index (χ0v) is 13.7. The third-order valence-corrected chi connectivity index (χ3v) is 3.10. The molecule has 0 saturated heterocycles. The highest BCUT2D eigenvalue weighted by molar-refractivity contribution is 7.80. The van der Waals surface area contributed by atoms with E-state index >= 15 is 0 Å². The van der Waals surface area contributed by atoms with E-state index < -0.39 is 0 Å². The van der Waals surface area contributed by atoms with Crippen molar-refractivity contribution in [3.63, 3.8) is 0 Å². The van der Waals surface area contributed by atoms with Crippen LogP contribution in [0, 0.1) is 0 Å². The highest BCUT2D eigenvalue weighted by Crippen LogP contribution is 2.16. The van der Waals surface area contributed by atoms with Gasteiger partial charge in [0, 0.05) is 31.0 Å². The summed E-state index contributed by atoms with van der Waals surface area (Å²) >= 11 is 5.31. The summed E-state index contributed by atoms with van der Waals surface area (Å²) in [6.07, 6.45) is 0.272. The van der Waals surface area contributed by atoms with Crippen molar-refractivity contribution in [1.82, 2.24) is 5.32 Å². The molecule has 0 bridgehead atoms. The van der Waals surface area contributed by atoms with E-state index in [1.165, 1.54) is 0 Å². The normalized spacial score (nSPS) is 12.7. The van der Waals surface area contributed by atoms with Crippen LogP contribution in [0.25, 0.3) is 0 Å². The van der Waals surface area contributed by atoms with E-state index in [0.717, 1.165) is 11.4 Å². The smallest absolute Gasteiger partial charge is 0.171 e. The summed E-state index contributed by atoms with van der Waals surface area (Å²) in [6, 6.07) is 8.05. The molecule has 0 spiro atoms. The van der Waals surface area contributed by atoms with Crippen LogP contribution in [-0.4, -0.2) is 36.0 Å². The fraction of sp³-hybridized carbons (Fsp3) is 0.533. The minimum Gasteiger partial charge on any atom is -0.393 e. The first-order chi connectivity index (χ1) is 9.19. The number of nitrogens with one attached hydrogen (secondary N) is 2. The van der Waals surface area contributed by atoms with Gasteiger partial charge in [0.05, 0.1) is 6.10 Å². The molecule has 3 N–H and O–H groups in total. The lowest BCUT2D eigenvalue weighted by Crippen LogP contribution is -2.47. The molecule has 1 rings (SSSR count). The molecule has 0 amide bonds. The van der Waals surface area contributed by atoms with Gasteiger partial charge in [0.15, 0.2) is 5.11 Å². The van der Waals surface area contributed by atoms with E-state index in [-0.39, 0.29) is 11.6 Å². The number of aliphatic hydroxyl groups excluding tert-OH is 1. The number of benzene rings is 1. The van der Waals surface area contributed by atoms with Crippen molar-refractivity contribution in [3.8, 4) is 0 Å². The molecule has 0 aliphatic carbocycles. The topological polar surface area (TPSA) is 47.5 Å². The van der Waals surface area contributed by atoms with Crippen molar-refractivity contribution >= 4 is 28.7 Å². The van der Waals surface area contributed by atoms with Crippen LogP contribution in [-0.2, 0) is 0 Å². The lowest BCUT2D eigenvalue weighted by molar-refractivity contribution is 0.153. The van der Waals surface area contributed by atoms with E-state index in [2.05, 4.69) is 10.6 Å². The van der Waals surface area contributed by atoms with Crippen molar-refractivity contribution in [2.75, 3.05) is 24.3 Å². The van der Waals surface area contributed by atoms with Crippen molar-refractivity contribution in [3.05, 3.63) is 24.3 Å². The molecule has 112 valence electrons. The summed E-state index contributed by atoms with van der Waals surface area (Å²) in [5, 5.41) is 16.4. The maximum Gasteiger partial charge on any atom is 0.171 e. The largest absolute Gasteiger partial charge is 0.393 e. The Balaban J connectivity index is 2.58. The Morgan fingerprint density at radius 1 is 1.30 bits per heavy atom. The number of rotatable bonds is 5. The van der Waals surface area contributed by atoms with E-state index in [9.17, 15) is 5.11 Å². The van der Waals surface area contributed by atoms with Crippen LogP contribution < -0.4 is 15.5 Å². The predicted molar refractivity (Wildman–Crippen MR) is 90.5 cm³/mol. The fourth-order valence-electron chi connectivity index (χ4n) is 2.10. The first-order valence-electron chi connectivity index (χ1n) is 6.74. The molecule has 0 aromatic heterocycles. The van der Waals surface area contributed by atoms with Gasteiger partial charge in [-0.25, -0.2) is 0 Å². The lowest BCUT2D eigenvalue weighted by Gasteiger charge is -2.29. The molecule has 1 aromatic carbocycles. The Labute approximate surface area is 127 Å². The van der Waals surface area contributed by atoms with Crippen LogP contribution >= 0.6 is 12.2 Å². The van der Waals surface area contributed by atoms with Gasteiger partial charge in [0.1, 0.15) is 0 Å². The molecule has 1 unspecified atom stereocenters. The number of aliphatic hydroxyl groups is 1. The second-order valence-corrected chi connectivity index (χ2v) is 6.37. The number of anilines is 2. The van der Waals surface area contributed by atoms with Crippen LogP contribution in [0.5, 0.6) is 0 Å². The van der Waals surface area contributed by atoms with Gasteiger partial charge < -0.3 is 20.6 Å². The highest BCUT2D eigenvalue weighted by atomic mass is 32.1. The molecule has 0 saturated carbocycles. The zero-order valence-electron chi connectivity index (χ0n) is 12.9.